The molecule has 4 rings (SSSR count). The third-order valence-electron chi connectivity index (χ3n) is 3.57. The summed E-state index contributed by atoms with van der Waals surface area (Å²) >= 11 is 4.80. The SMILES string of the molecule is Cc1ccc(-c2nc(CSc3nnc(-c4cccc(Br)c4)o3)no2)cc1. The molecule has 4 aromatic rings. The number of hydrogen-bond acceptors (Lipinski definition) is 7. The maximum atomic E-state index is 5.68. The highest BCUT2D eigenvalue weighted by Crippen LogP contribution is 2.27. The Hall–Kier alpha value is -2.45. The second kappa shape index (κ2) is 7.43. The maximum absolute atomic E-state index is 5.68. The molecule has 6 nitrogen and oxygen atoms in total. The van der Waals surface area contributed by atoms with Gasteiger partial charge in [-0.3, -0.25) is 0 Å². The number of halogens is 1. The van der Waals surface area contributed by atoms with E-state index in [9.17, 15) is 0 Å². The van der Waals surface area contributed by atoms with E-state index in [-0.39, 0.29) is 0 Å². The Morgan fingerprint density at radius 1 is 1.00 bits per heavy atom. The molecule has 0 atom stereocenters. The zero-order chi connectivity index (χ0) is 17.9. The van der Waals surface area contributed by atoms with Crippen LogP contribution in [0.15, 0.2) is 67.2 Å². The molecule has 2 heterocycles. The van der Waals surface area contributed by atoms with Crippen LogP contribution in [0.5, 0.6) is 0 Å². The van der Waals surface area contributed by atoms with Crippen molar-refractivity contribution < 1.29 is 8.94 Å². The van der Waals surface area contributed by atoms with Crippen LogP contribution in [-0.2, 0) is 5.75 Å². The first-order valence-electron chi connectivity index (χ1n) is 7.79. The van der Waals surface area contributed by atoms with E-state index >= 15 is 0 Å². The van der Waals surface area contributed by atoms with Gasteiger partial charge in [-0.1, -0.05) is 56.6 Å². The van der Waals surface area contributed by atoms with E-state index in [1.165, 1.54) is 17.3 Å². The van der Waals surface area contributed by atoms with Crippen LogP contribution in [0.2, 0.25) is 0 Å². The predicted octanol–water partition coefficient (Wildman–Crippen LogP) is 5.15. The largest absolute Gasteiger partial charge is 0.411 e. The number of hydrogen-bond donors (Lipinski definition) is 0. The Morgan fingerprint density at radius 2 is 1.85 bits per heavy atom. The molecule has 0 saturated carbocycles. The van der Waals surface area contributed by atoms with Crippen molar-refractivity contribution in [2.45, 2.75) is 17.9 Å². The van der Waals surface area contributed by atoms with Gasteiger partial charge < -0.3 is 8.94 Å². The lowest BCUT2D eigenvalue weighted by Crippen LogP contribution is -1.84. The van der Waals surface area contributed by atoms with E-state index in [1.807, 2.05) is 55.5 Å². The summed E-state index contributed by atoms with van der Waals surface area (Å²) in [5, 5.41) is 12.6. The summed E-state index contributed by atoms with van der Waals surface area (Å²) in [5.41, 5.74) is 2.94. The van der Waals surface area contributed by atoms with E-state index in [0.717, 1.165) is 15.6 Å². The molecule has 0 fully saturated rings. The van der Waals surface area contributed by atoms with Gasteiger partial charge in [0.2, 0.25) is 5.89 Å². The van der Waals surface area contributed by atoms with Crippen molar-refractivity contribution in [3.05, 3.63) is 64.4 Å². The van der Waals surface area contributed by atoms with Gasteiger partial charge in [0.15, 0.2) is 5.82 Å². The summed E-state index contributed by atoms with van der Waals surface area (Å²) in [6.07, 6.45) is 0. The molecule has 26 heavy (non-hydrogen) atoms. The maximum Gasteiger partial charge on any atom is 0.277 e. The Labute approximate surface area is 162 Å². The number of rotatable bonds is 5. The first-order valence-corrected chi connectivity index (χ1v) is 9.57. The van der Waals surface area contributed by atoms with Crippen molar-refractivity contribution in [2.75, 3.05) is 0 Å². The quantitative estimate of drug-likeness (QED) is 0.406. The molecular formula is C18H13BrN4O2S. The van der Waals surface area contributed by atoms with Crippen molar-refractivity contribution in [1.29, 1.82) is 0 Å². The number of aromatic nitrogens is 4. The highest BCUT2D eigenvalue weighted by Gasteiger charge is 2.13. The van der Waals surface area contributed by atoms with Gasteiger partial charge in [0.25, 0.3) is 11.1 Å². The molecule has 0 radical (unpaired) electrons. The molecule has 0 bridgehead atoms. The van der Waals surface area contributed by atoms with Gasteiger partial charge in [-0.15, -0.1) is 10.2 Å². The van der Waals surface area contributed by atoms with Crippen LogP contribution in [0, 0.1) is 6.92 Å². The van der Waals surface area contributed by atoms with Gasteiger partial charge in [-0.05, 0) is 37.3 Å². The molecule has 0 unspecified atom stereocenters. The van der Waals surface area contributed by atoms with Crippen LogP contribution in [0.25, 0.3) is 22.9 Å². The highest BCUT2D eigenvalue weighted by atomic mass is 79.9. The van der Waals surface area contributed by atoms with E-state index in [1.54, 1.807) is 0 Å². The second-order valence-electron chi connectivity index (χ2n) is 5.55. The third-order valence-corrected chi connectivity index (χ3v) is 4.88. The fraction of sp³-hybridized carbons (Fsp3) is 0.111. The zero-order valence-electron chi connectivity index (χ0n) is 13.7. The van der Waals surface area contributed by atoms with Crippen molar-refractivity contribution in [3.8, 4) is 22.9 Å². The average Bonchev–Trinajstić information content (AvgIpc) is 3.30. The molecule has 130 valence electrons. The Balaban J connectivity index is 1.43. The molecule has 8 heteroatoms. The van der Waals surface area contributed by atoms with Crippen molar-refractivity contribution >= 4 is 27.7 Å². The van der Waals surface area contributed by atoms with Crippen LogP contribution < -0.4 is 0 Å². The minimum atomic E-state index is 0.460. The van der Waals surface area contributed by atoms with Crippen LogP contribution >= 0.6 is 27.7 Å². The van der Waals surface area contributed by atoms with Crippen molar-refractivity contribution in [3.63, 3.8) is 0 Å². The molecule has 0 aliphatic heterocycles. The van der Waals surface area contributed by atoms with Gasteiger partial charge in [0.05, 0.1) is 5.75 Å². The molecule has 0 saturated heterocycles. The number of aryl methyl sites for hydroxylation is 1. The minimum absolute atomic E-state index is 0.460. The summed E-state index contributed by atoms with van der Waals surface area (Å²) in [6.45, 7) is 2.03. The van der Waals surface area contributed by atoms with Gasteiger partial charge >= 0.3 is 0 Å². The number of nitrogens with zero attached hydrogens (tertiary/aromatic N) is 4. The number of thioether (sulfide) groups is 1. The summed E-state index contributed by atoms with van der Waals surface area (Å²) in [6, 6.07) is 15.6. The normalized spacial score (nSPS) is 11.0. The summed E-state index contributed by atoms with van der Waals surface area (Å²) in [4.78, 5) is 4.41. The molecule has 2 aromatic carbocycles. The highest BCUT2D eigenvalue weighted by molar-refractivity contribution is 9.10. The Bertz CT molecular complexity index is 1030. The van der Waals surface area contributed by atoms with E-state index in [2.05, 4.69) is 36.3 Å². The standard InChI is InChI=1S/C18H13BrN4O2S/c1-11-5-7-12(8-6-11)16-20-15(23-25-16)10-26-18-22-21-17(24-18)13-3-2-4-14(19)9-13/h2-9H,10H2,1H3. The monoisotopic (exact) mass is 428 g/mol. The van der Waals surface area contributed by atoms with Crippen LogP contribution in [0.4, 0.5) is 0 Å². The topological polar surface area (TPSA) is 77.8 Å². The Kier molecular flexibility index (Phi) is 4.85. The second-order valence-corrected chi connectivity index (χ2v) is 7.40. The third kappa shape index (κ3) is 3.86. The predicted molar refractivity (Wildman–Crippen MR) is 101 cm³/mol. The smallest absolute Gasteiger partial charge is 0.277 e. The van der Waals surface area contributed by atoms with Crippen LogP contribution in [0.1, 0.15) is 11.4 Å². The molecule has 0 N–H and O–H groups in total. The van der Waals surface area contributed by atoms with E-state index in [0.29, 0.717) is 28.6 Å². The number of benzene rings is 2. The molecule has 0 aliphatic carbocycles. The molecule has 0 spiro atoms. The fourth-order valence-electron chi connectivity index (χ4n) is 2.26. The zero-order valence-corrected chi connectivity index (χ0v) is 16.1. The van der Waals surface area contributed by atoms with Gasteiger partial charge in [0, 0.05) is 15.6 Å². The van der Waals surface area contributed by atoms with Gasteiger partial charge in [-0.2, -0.15) is 4.98 Å². The first kappa shape index (κ1) is 17.0. The first-order chi connectivity index (χ1) is 12.7. The van der Waals surface area contributed by atoms with Crippen molar-refractivity contribution in [1.82, 2.24) is 20.3 Å². The Morgan fingerprint density at radius 3 is 2.65 bits per heavy atom. The van der Waals surface area contributed by atoms with E-state index < -0.39 is 0 Å². The summed E-state index contributed by atoms with van der Waals surface area (Å²) in [5.74, 6) is 2.03. The summed E-state index contributed by atoms with van der Waals surface area (Å²) in [7, 11) is 0. The fourth-order valence-corrected chi connectivity index (χ4v) is 3.26. The molecule has 0 aliphatic rings. The van der Waals surface area contributed by atoms with Gasteiger partial charge in [-0.25, -0.2) is 0 Å². The molecule has 2 aromatic heterocycles. The average molecular weight is 429 g/mol. The molecule has 0 amide bonds. The minimum Gasteiger partial charge on any atom is -0.411 e. The van der Waals surface area contributed by atoms with Crippen LogP contribution in [-0.4, -0.2) is 20.3 Å². The lowest BCUT2D eigenvalue weighted by Gasteiger charge is -1.95. The molecular weight excluding hydrogens is 416 g/mol. The van der Waals surface area contributed by atoms with Gasteiger partial charge in [0.1, 0.15) is 0 Å². The lowest BCUT2D eigenvalue weighted by atomic mass is 10.1. The van der Waals surface area contributed by atoms with Crippen LogP contribution in [0.3, 0.4) is 0 Å². The van der Waals surface area contributed by atoms with E-state index in [4.69, 9.17) is 8.94 Å². The van der Waals surface area contributed by atoms with Crippen molar-refractivity contribution in [2.24, 2.45) is 0 Å². The lowest BCUT2D eigenvalue weighted by molar-refractivity contribution is 0.425. The summed E-state index contributed by atoms with van der Waals surface area (Å²) < 4.78 is 12.0.